The van der Waals surface area contributed by atoms with Crippen LogP contribution in [0.25, 0.3) is 0 Å². The van der Waals surface area contributed by atoms with Crippen LogP contribution in [0.1, 0.15) is 30.7 Å². The first kappa shape index (κ1) is 8.60. The molecular formula is C10H17N3. The van der Waals surface area contributed by atoms with Gasteiger partial charge in [-0.05, 0) is 26.2 Å². The Balaban J connectivity index is 2.05. The van der Waals surface area contributed by atoms with Crippen LogP contribution in [0.4, 0.5) is 5.69 Å². The molecule has 3 nitrogen and oxygen atoms in total. The van der Waals surface area contributed by atoms with Crippen molar-refractivity contribution in [3.63, 3.8) is 0 Å². The van der Waals surface area contributed by atoms with Crippen molar-refractivity contribution >= 4 is 5.69 Å². The number of anilines is 1. The highest BCUT2D eigenvalue weighted by Crippen LogP contribution is 2.33. The van der Waals surface area contributed by atoms with Gasteiger partial charge in [0.25, 0.3) is 0 Å². The predicted molar refractivity (Wildman–Crippen MR) is 53.5 cm³/mol. The zero-order chi connectivity index (χ0) is 9.42. The van der Waals surface area contributed by atoms with Crippen molar-refractivity contribution in [2.45, 2.75) is 39.7 Å². The van der Waals surface area contributed by atoms with Gasteiger partial charge in [0, 0.05) is 6.54 Å². The molecule has 0 saturated heterocycles. The lowest BCUT2D eigenvalue weighted by Gasteiger charge is -2.02. The zero-order valence-corrected chi connectivity index (χ0v) is 8.38. The van der Waals surface area contributed by atoms with Gasteiger partial charge in [-0.1, -0.05) is 12.8 Å². The van der Waals surface area contributed by atoms with Crippen LogP contribution in [0.2, 0.25) is 0 Å². The molecule has 1 fully saturated rings. The van der Waals surface area contributed by atoms with E-state index in [0.717, 1.165) is 29.5 Å². The molecule has 1 aromatic rings. The van der Waals surface area contributed by atoms with Gasteiger partial charge >= 0.3 is 0 Å². The molecule has 0 radical (unpaired) electrons. The summed E-state index contributed by atoms with van der Waals surface area (Å²) in [7, 11) is 0. The molecule has 0 amide bonds. The SMILES string of the molecule is Cc1nn(CCC2CC2)c(C)c1N. The maximum Gasteiger partial charge on any atom is 0.0825 e. The minimum absolute atomic E-state index is 0.857. The summed E-state index contributed by atoms with van der Waals surface area (Å²) < 4.78 is 2.04. The van der Waals surface area contributed by atoms with Gasteiger partial charge in [-0.25, -0.2) is 0 Å². The molecule has 0 atom stereocenters. The number of aromatic nitrogens is 2. The van der Waals surface area contributed by atoms with Crippen molar-refractivity contribution in [2.24, 2.45) is 5.92 Å². The Hall–Kier alpha value is -0.990. The number of nitrogens with zero attached hydrogens (tertiary/aromatic N) is 2. The van der Waals surface area contributed by atoms with E-state index in [9.17, 15) is 0 Å². The first-order chi connectivity index (χ1) is 6.18. The molecule has 1 heterocycles. The Kier molecular flexibility index (Phi) is 2.02. The van der Waals surface area contributed by atoms with E-state index >= 15 is 0 Å². The van der Waals surface area contributed by atoms with Crippen molar-refractivity contribution < 1.29 is 0 Å². The average Bonchev–Trinajstić information content (AvgIpc) is 2.89. The van der Waals surface area contributed by atoms with Crippen LogP contribution in [0.3, 0.4) is 0 Å². The molecule has 0 bridgehead atoms. The fourth-order valence-electron chi connectivity index (χ4n) is 1.64. The van der Waals surface area contributed by atoms with Gasteiger partial charge in [-0.3, -0.25) is 4.68 Å². The molecule has 1 saturated carbocycles. The summed E-state index contributed by atoms with van der Waals surface area (Å²) in [5.41, 5.74) is 8.79. The normalized spacial score (nSPS) is 16.5. The lowest BCUT2D eigenvalue weighted by Crippen LogP contribution is -2.03. The van der Waals surface area contributed by atoms with Crippen molar-refractivity contribution in [1.82, 2.24) is 9.78 Å². The van der Waals surface area contributed by atoms with Crippen LogP contribution < -0.4 is 5.73 Å². The third kappa shape index (κ3) is 1.69. The Morgan fingerprint density at radius 1 is 1.46 bits per heavy atom. The van der Waals surface area contributed by atoms with Crippen LogP contribution >= 0.6 is 0 Å². The van der Waals surface area contributed by atoms with Gasteiger partial charge in [-0.2, -0.15) is 5.10 Å². The largest absolute Gasteiger partial charge is 0.396 e. The first-order valence-electron chi connectivity index (χ1n) is 4.98. The molecule has 0 aromatic carbocycles. The van der Waals surface area contributed by atoms with Gasteiger partial charge in [-0.15, -0.1) is 0 Å². The second-order valence-corrected chi connectivity index (χ2v) is 4.04. The van der Waals surface area contributed by atoms with E-state index in [2.05, 4.69) is 5.10 Å². The Morgan fingerprint density at radius 3 is 2.62 bits per heavy atom. The molecule has 1 aliphatic carbocycles. The second kappa shape index (κ2) is 3.05. The molecular weight excluding hydrogens is 162 g/mol. The van der Waals surface area contributed by atoms with Crippen molar-refractivity contribution in [2.75, 3.05) is 5.73 Å². The summed E-state index contributed by atoms with van der Waals surface area (Å²) in [5, 5.41) is 4.40. The third-order valence-electron chi connectivity index (χ3n) is 2.88. The molecule has 0 aliphatic heterocycles. The maximum atomic E-state index is 5.84. The number of nitrogen functional groups attached to an aromatic ring is 1. The lowest BCUT2D eigenvalue weighted by atomic mass is 10.3. The number of hydrogen-bond donors (Lipinski definition) is 1. The maximum absolute atomic E-state index is 5.84. The Morgan fingerprint density at radius 2 is 2.15 bits per heavy atom. The third-order valence-corrected chi connectivity index (χ3v) is 2.88. The standard InChI is InChI=1S/C10H17N3/c1-7-10(11)8(2)13(12-7)6-5-9-3-4-9/h9H,3-6,11H2,1-2H3. The quantitative estimate of drug-likeness (QED) is 0.770. The van der Waals surface area contributed by atoms with Crippen LogP contribution in [-0.2, 0) is 6.54 Å². The smallest absolute Gasteiger partial charge is 0.0825 e. The molecule has 13 heavy (non-hydrogen) atoms. The van der Waals surface area contributed by atoms with Crippen molar-refractivity contribution in [3.8, 4) is 0 Å². The van der Waals surface area contributed by atoms with E-state index < -0.39 is 0 Å². The molecule has 0 spiro atoms. The fourth-order valence-corrected chi connectivity index (χ4v) is 1.64. The summed E-state index contributed by atoms with van der Waals surface area (Å²) in [5.74, 6) is 0.963. The van der Waals surface area contributed by atoms with Crippen LogP contribution in [0, 0.1) is 19.8 Å². The van der Waals surface area contributed by atoms with Crippen LogP contribution in [-0.4, -0.2) is 9.78 Å². The predicted octanol–water partition coefficient (Wildman–Crippen LogP) is 1.88. The molecule has 2 N–H and O–H groups in total. The number of aryl methyl sites for hydroxylation is 2. The molecule has 72 valence electrons. The highest BCUT2D eigenvalue weighted by molar-refractivity contribution is 5.46. The Bertz CT molecular complexity index is 310. The van der Waals surface area contributed by atoms with E-state index in [4.69, 9.17) is 5.73 Å². The summed E-state index contributed by atoms with van der Waals surface area (Å²) in [6, 6.07) is 0. The van der Waals surface area contributed by atoms with E-state index in [0.29, 0.717) is 0 Å². The summed E-state index contributed by atoms with van der Waals surface area (Å²) >= 11 is 0. The van der Waals surface area contributed by atoms with Gasteiger partial charge in [0.2, 0.25) is 0 Å². The van der Waals surface area contributed by atoms with Gasteiger partial charge in [0.05, 0.1) is 17.1 Å². The van der Waals surface area contributed by atoms with Crippen molar-refractivity contribution in [1.29, 1.82) is 0 Å². The van der Waals surface area contributed by atoms with E-state index in [1.807, 2.05) is 18.5 Å². The summed E-state index contributed by atoms with van der Waals surface area (Å²) in [6.45, 7) is 5.05. The van der Waals surface area contributed by atoms with E-state index in [1.54, 1.807) is 0 Å². The molecule has 0 unspecified atom stereocenters. The number of rotatable bonds is 3. The average molecular weight is 179 g/mol. The number of hydrogen-bond acceptors (Lipinski definition) is 2. The highest BCUT2D eigenvalue weighted by Gasteiger charge is 2.21. The van der Waals surface area contributed by atoms with Gasteiger partial charge in [0.15, 0.2) is 0 Å². The molecule has 1 aromatic heterocycles. The summed E-state index contributed by atoms with van der Waals surface area (Å²) in [6.07, 6.45) is 4.09. The van der Waals surface area contributed by atoms with E-state index in [1.165, 1.54) is 19.3 Å². The zero-order valence-electron chi connectivity index (χ0n) is 8.38. The minimum Gasteiger partial charge on any atom is -0.396 e. The van der Waals surface area contributed by atoms with Crippen LogP contribution in [0.15, 0.2) is 0 Å². The molecule has 1 aliphatic rings. The first-order valence-corrected chi connectivity index (χ1v) is 4.98. The van der Waals surface area contributed by atoms with Gasteiger partial charge in [0.1, 0.15) is 0 Å². The van der Waals surface area contributed by atoms with Gasteiger partial charge < -0.3 is 5.73 Å². The lowest BCUT2D eigenvalue weighted by molar-refractivity contribution is 0.533. The molecule has 3 heteroatoms. The summed E-state index contributed by atoms with van der Waals surface area (Å²) in [4.78, 5) is 0. The van der Waals surface area contributed by atoms with E-state index in [-0.39, 0.29) is 0 Å². The van der Waals surface area contributed by atoms with Crippen LogP contribution in [0.5, 0.6) is 0 Å². The monoisotopic (exact) mass is 179 g/mol. The number of nitrogens with two attached hydrogens (primary N) is 1. The topological polar surface area (TPSA) is 43.8 Å². The van der Waals surface area contributed by atoms with Crippen molar-refractivity contribution in [3.05, 3.63) is 11.4 Å². The minimum atomic E-state index is 0.857. The Labute approximate surface area is 78.9 Å². The second-order valence-electron chi connectivity index (χ2n) is 4.04. The fraction of sp³-hybridized carbons (Fsp3) is 0.700. The molecule has 2 rings (SSSR count). The highest BCUT2D eigenvalue weighted by atomic mass is 15.3.